The molecule has 0 aliphatic heterocycles. The van der Waals surface area contributed by atoms with Gasteiger partial charge in [0.15, 0.2) is 0 Å². The van der Waals surface area contributed by atoms with Crippen molar-refractivity contribution in [3.8, 4) is 28.4 Å². The summed E-state index contributed by atoms with van der Waals surface area (Å²) in [5, 5.41) is 12.7. The second-order valence-corrected chi connectivity index (χ2v) is 6.54. The molecule has 20 heavy (non-hydrogen) atoms. The predicted octanol–water partition coefficient (Wildman–Crippen LogP) is 4.26. The molecule has 3 aromatic heterocycles. The molecule has 98 valence electrons. The molecular weight excluding hydrogens is 408 g/mol. The summed E-state index contributed by atoms with van der Waals surface area (Å²) in [6.45, 7) is 0. The van der Waals surface area contributed by atoms with E-state index in [9.17, 15) is 0 Å². The summed E-state index contributed by atoms with van der Waals surface area (Å²) in [5.41, 5.74) is 0.597. The molecule has 8 heteroatoms. The number of hydrogen-bond donors (Lipinski definition) is 0. The number of aromatic nitrogens is 3. The van der Waals surface area contributed by atoms with E-state index in [1.165, 1.54) is 11.3 Å². The van der Waals surface area contributed by atoms with Crippen molar-refractivity contribution in [1.29, 1.82) is 5.26 Å². The summed E-state index contributed by atoms with van der Waals surface area (Å²) >= 11 is 8.05. The van der Waals surface area contributed by atoms with Gasteiger partial charge in [0.25, 0.3) is 5.89 Å². The molecule has 0 aliphatic carbocycles. The molecule has 3 rings (SSSR count). The van der Waals surface area contributed by atoms with Crippen molar-refractivity contribution in [2.45, 2.75) is 0 Å². The Bertz CT molecular complexity index is 821. The fourth-order valence-corrected chi connectivity index (χ4v) is 3.40. The topological polar surface area (TPSA) is 75.6 Å². The van der Waals surface area contributed by atoms with Crippen LogP contribution in [0.2, 0.25) is 0 Å². The minimum atomic E-state index is 0.378. The average molecular weight is 412 g/mol. The third-order valence-electron chi connectivity index (χ3n) is 2.37. The molecule has 0 radical (unpaired) electrons. The Labute approximate surface area is 134 Å². The molecule has 0 fully saturated rings. The van der Waals surface area contributed by atoms with E-state index in [4.69, 9.17) is 9.78 Å². The fraction of sp³-hybridized carbons (Fsp3) is 0. The average Bonchev–Trinajstić information content (AvgIpc) is 3.07. The zero-order valence-corrected chi connectivity index (χ0v) is 13.7. The van der Waals surface area contributed by atoms with Crippen molar-refractivity contribution in [2.75, 3.05) is 0 Å². The lowest BCUT2D eigenvalue weighted by atomic mass is 10.3. The monoisotopic (exact) mass is 410 g/mol. The molecule has 3 aromatic rings. The Morgan fingerprint density at radius 2 is 2.15 bits per heavy atom. The molecular formula is C12H4Br2N4OS. The number of thiophene rings is 1. The number of pyridine rings is 1. The van der Waals surface area contributed by atoms with Crippen molar-refractivity contribution >= 4 is 43.2 Å². The molecule has 0 aliphatic rings. The van der Waals surface area contributed by atoms with Crippen LogP contribution < -0.4 is 0 Å². The van der Waals surface area contributed by atoms with E-state index in [1.807, 2.05) is 6.07 Å². The fourth-order valence-electron chi connectivity index (χ4n) is 1.51. The quantitative estimate of drug-likeness (QED) is 0.629. The molecule has 0 N–H and O–H groups in total. The largest absolute Gasteiger partial charge is 0.333 e. The molecule has 0 saturated heterocycles. The van der Waals surface area contributed by atoms with Crippen LogP contribution in [0.1, 0.15) is 4.88 Å². The van der Waals surface area contributed by atoms with Crippen LogP contribution in [0.4, 0.5) is 0 Å². The SMILES string of the molecule is N#Cc1ccc(-c2nc(-c3ncc(Br)cc3Br)no2)s1. The van der Waals surface area contributed by atoms with Gasteiger partial charge in [-0.3, -0.25) is 4.98 Å². The first kappa shape index (κ1) is 13.4. The first-order valence-electron chi connectivity index (χ1n) is 5.33. The van der Waals surface area contributed by atoms with Crippen LogP contribution in [0, 0.1) is 11.3 Å². The maximum absolute atomic E-state index is 8.82. The molecule has 3 heterocycles. The van der Waals surface area contributed by atoms with Gasteiger partial charge in [0.2, 0.25) is 5.82 Å². The van der Waals surface area contributed by atoms with E-state index < -0.39 is 0 Å². The Morgan fingerprint density at radius 3 is 2.85 bits per heavy atom. The number of halogens is 2. The zero-order valence-electron chi connectivity index (χ0n) is 9.67. The van der Waals surface area contributed by atoms with E-state index in [1.54, 1.807) is 18.3 Å². The van der Waals surface area contributed by atoms with Crippen LogP contribution >= 0.6 is 43.2 Å². The Hall–Kier alpha value is -1.56. The second kappa shape index (κ2) is 5.44. The lowest BCUT2D eigenvalue weighted by Gasteiger charge is -1.97. The van der Waals surface area contributed by atoms with E-state index in [0.717, 1.165) is 13.8 Å². The van der Waals surface area contributed by atoms with Gasteiger partial charge in [0.1, 0.15) is 16.6 Å². The maximum Gasteiger partial charge on any atom is 0.268 e. The van der Waals surface area contributed by atoms with Gasteiger partial charge in [-0.25, -0.2) is 0 Å². The zero-order chi connectivity index (χ0) is 14.1. The summed E-state index contributed by atoms with van der Waals surface area (Å²) in [4.78, 5) is 9.91. The number of nitrogens with zero attached hydrogens (tertiary/aromatic N) is 4. The van der Waals surface area contributed by atoms with E-state index in [2.05, 4.69) is 53.1 Å². The lowest BCUT2D eigenvalue weighted by Crippen LogP contribution is -1.87. The van der Waals surface area contributed by atoms with Crippen LogP contribution in [0.15, 0.2) is 37.9 Å². The number of rotatable bonds is 2. The van der Waals surface area contributed by atoms with Gasteiger partial charge in [0.05, 0.1) is 4.88 Å². The molecule has 0 saturated carbocycles. The van der Waals surface area contributed by atoms with E-state index >= 15 is 0 Å². The smallest absolute Gasteiger partial charge is 0.268 e. The third kappa shape index (κ3) is 2.52. The molecule has 5 nitrogen and oxygen atoms in total. The molecule has 0 aromatic carbocycles. The van der Waals surface area contributed by atoms with Gasteiger partial charge in [0, 0.05) is 15.1 Å². The Kier molecular flexibility index (Phi) is 3.65. The first-order valence-corrected chi connectivity index (χ1v) is 7.73. The maximum atomic E-state index is 8.82. The van der Waals surface area contributed by atoms with Crippen LogP contribution in [-0.4, -0.2) is 15.1 Å². The van der Waals surface area contributed by atoms with E-state index in [0.29, 0.717) is 22.3 Å². The highest BCUT2D eigenvalue weighted by molar-refractivity contribution is 9.11. The summed E-state index contributed by atoms with van der Waals surface area (Å²) in [6, 6.07) is 7.44. The summed E-state index contributed by atoms with van der Waals surface area (Å²) in [6.07, 6.45) is 1.66. The van der Waals surface area contributed by atoms with Gasteiger partial charge >= 0.3 is 0 Å². The highest BCUT2D eigenvalue weighted by atomic mass is 79.9. The summed E-state index contributed by atoms with van der Waals surface area (Å²) in [7, 11) is 0. The van der Waals surface area contributed by atoms with Crippen LogP contribution in [0.3, 0.4) is 0 Å². The Morgan fingerprint density at radius 1 is 1.30 bits per heavy atom. The van der Waals surface area contributed by atoms with Crippen LogP contribution in [-0.2, 0) is 0 Å². The lowest BCUT2D eigenvalue weighted by molar-refractivity contribution is 0.433. The van der Waals surface area contributed by atoms with Crippen molar-refractivity contribution in [1.82, 2.24) is 15.1 Å². The van der Waals surface area contributed by atoms with Gasteiger partial charge in [-0.1, -0.05) is 5.16 Å². The third-order valence-corrected chi connectivity index (χ3v) is 4.39. The molecule has 0 bridgehead atoms. The summed E-state index contributed by atoms with van der Waals surface area (Å²) in [5.74, 6) is 0.773. The Balaban J connectivity index is 2.00. The standard InChI is InChI=1S/C12H4Br2N4OS/c13-6-3-8(14)10(16-5-6)11-17-12(19-18-11)9-2-1-7(4-15)20-9/h1-3,5H. The minimum absolute atomic E-state index is 0.378. The second-order valence-electron chi connectivity index (χ2n) is 3.68. The van der Waals surface area contributed by atoms with Gasteiger partial charge in [-0.2, -0.15) is 10.2 Å². The highest BCUT2D eigenvalue weighted by Crippen LogP contribution is 2.30. The molecule has 0 amide bonds. The van der Waals surface area contributed by atoms with Crippen molar-refractivity contribution in [3.05, 3.63) is 38.2 Å². The molecule has 0 spiro atoms. The number of hydrogen-bond acceptors (Lipinski definition) is 6. The molecule has 0 atom stereocenters. The van der Waals surface area contributed by atoms with Crippen LogP contribution in [0.5, 0.6) is 0 Å². The molecule has 0 unspecified atom stereocenters. The summed E-state index contributed by atoms with van der Waals surface area (Å²) < 4.78 is 6.84. The predicted molar refractivity (Wildman–Crippen MR) is 81.0 cm³/mol. The normalized spacial score (nSPS) is 10.4. The van der Waals surface area contributed by atoms with Crippen molar-refractivity contribution in [2.24, 2.45) is 0 Å². The van der Waals surface area contributed by atoms with E-state index in [-0.39, 0.29) is 0 Å². The van der Waals surface area contributed by atoms with Crippen LogP contribution in [0.25, 0.3) is 22.3 Å². The first-order chi connectivity index (χ1) is 9.67. The van der Waals surface area contributed by atoms with Gasteiger partial charge in [-0.05, 0) is 50.1 Å². The van der Waals surface area contributed by atoms with Gasteiger partial charge < -0.3 is 4.52 Å². The number of nitriles is 1. The highest BCUT2D eigenvalue weighted by Gasteiger charge is 2.15. The minimum Gasteiger partial charge on any atom is -0.333 e. The van der Waals surface area contributed by atoms with Crippen molar-refractivity contribution < 1.29 is 4.52 Å². The van der Waals surface area contributed by atoms with Crippen molar-refractivity contribution in [3.63, 3.8) is 0 Å². The van der Waals surface area contributed by atoms with Gasteiger partial charge in [-0.15, -0.1) is 11.3 Å².